The zero-order valence-corrected chi connectivity index (χ0v) is 19.4. The van der Waals surface area contributed by atoms with E-state index in [0.717, 1.165) is 11.3 Å². The highest BCUT2D eigenvalue weighted by Gasteiger charge is 2.16. The van der Waals surface area contributed by atoms with E-state index in [1.54, 1.807) is 22.9 Å². The Labute approximate surface area is 203 Å². The number of carbonyl (C=O) groups is 1. The predicted octanol–water partition coefficient (Wildman–Crippen LogP) is 7.13. The summed E-state index contributed by atoms with van der Waals surface area (Å²) in [6.07, 6.45) is 0. The van der Waals surface area contributed by atoms with Crippen molar-refractivity contribution in [1.82, 2.24) is 14.8 Å². The van der Waals surface area contributed by atoms with Crippen LogP contribution in [0.3, 0.4) is 0 Å². The zero-order valence-electron chi connectivity index (χ0n) is 19.4. The molecule has 0 aliphatic heterocycles. The smallest absolute Gasteiger partial charge is 0.335 e. The lowest BCUT2D eigenvalue weighted by molar-refractivity contribution is 0.0697. The van der Waals surface area contributed by atoms with Gasteiger partial charge < -0.3 is 5.11 Å². The lowest BCUT2D eigenvalue weighted by Crippen LogP contribution is -1.99. The van der Waals surface area contributed by atoms with Gasteiger partial charge >= 0.3 is 5.97 Å². The van der Waals surface area contributed by atoms with Gasteiger partial charge in [0.2, 0.25) is 0 Å². The second-order valence-corrected chi connectivity index (χ2v) is 7.45. The molecule has 0 spiro atoms. The fraction of sp³-hybridized carbons (Fsp3) is 0.0690. The van der Waals surface area contributed by atoms with Gasteiger partial charge in [0.25, 0.3) is 0 Å². The summed E-state index contributed by atoms with van der Waals surface area (Å²) < 4.78 is 16.3. The molecule has 1 aromatic heterocycles. The third-order valence-electron chi connectivity index (χ3n) is 5.28. The molecule has 0 saturated heterocycles. The number of para-hydroxylation sites is 1. The molecule has 174 valence electrons. The van der Waals surface area contributed by atoms with E-state index in [9.17, 15) is 14.3 Å². The highest BCUT2D eigenvalue weighted by atomic mass is 19.1. The van der Waals surface area contributed by atoms with E-state index in [1.165, 1.54) is 18.2 Å². The van der Waals surface area contributed by atoms with Crippen molar-refractivity contribution in [2.75, 3.05) is 0 Å². The summed E-state index contributed by atoms with van der Waals surface area (Å²) >= 11 is 0. The molecule has 1 heterocycles. The Bertz CT molecular complexity index is 1390. The first-order valence-electron chi connectivity index (χ1n) is 11.3. The average molecular weight is 466 g/mol. The van der Waals surface area contributed by atoms with E-state index in [-0.39, 0.29) is 11.1 Å². The van der Waals surface area contributed by atoms with Gasteiger partial charge in [-0.3, -0.25) is 0 Å². The number of carboxylic acids is 1. The number of rotatable bonds is 5. The number of carboxylic acid groups (broad SMARTS) is 1. The van der Waals surface area contributed by atoms with Gasteiger partial charge in [-0.1, -0.05) is 80.6 Å². The van der Waals surface area contributed by atoms with Crippen LogP contribution in [-0.4, -0.2) is 25.8 Å². The van der Waals surface area contributed by atoms with Crippen molar-refractivity contribution in [3.63, 3.8) is 0 Å². The molecular weight excluding hydrogens is 441 g/mol. The van der Waals surface area contributed by atoms with Crippen LogP contribution in [0.2, 0.25) is 0 Å². The Morgan fingerprint density at radius 1 is 0.771 bits per heavy atom. The molecule has 0 amide bonds. The molecule has 6 heteroatoms. The lowest BCUT2D eigenvalue weighted by atomic mass is 10.00. The summed E-state index contributed by atoms with van der Waals surface area (Å²) in [5.41, 5.74) is 3.25. The normalized spacial score (nSPS) is 10.4. The van der Waals surface area contributed by atoms with Gasteiger partial charge in [0.1, 0.15) is 5.82 Å². The van der Waals surface area contributed by atoms with Crippen LogP contribution < -0.4 is 0 Å². The van der Waals surface area contributed by atoms with E-state index >= 15 is 0 Å². The van der Waals surface area contributed by atoms with Crippen molar-refractivity contribution in [3.8, 4) is 39.6 Å². The van der Waals surface area contributed by atoms with Crippen LogP contribution in [0.4, 0.5) is 4.39 Å². The van der Waals surface area contributed by atoms with Crippen LogP contribution in [0.5, 0.6) is 0 Å². The highest BCUT2D eigenvalue weighted by molar-refractivity contribution is 5.89. The monoisotopic (exact) mass is 465 g/mol. The number of hydrogen-bond acceptors (Lipinski definition) is 3. The van der Waals surface area contributed by atoms with Gasteiger partial charge in [-0.2, -0.15) is 0 Å². The minimum Gasteiger partial charge on any atom is -0.478 e. The SMILES string of the molecule is CC.O=C(O)c1ccc(F)c(-c2cccc(-c3nc(-c4ccccc4)n(-c4ccccc4)n3)c2)c1. The predicted molar refractivity (Wildman–Crippen MR) is 136 cm³/mol. The number of nitrogens with zero attached hydrogens (tertiary/aromatic N) is 3. The highest BCUT2D eigenvalue weighted by Crippen LogP contribution is 2.30. The minimum absolute atomic E-state index is 0.0228. The number of benzene rings is 4. The van der Waals surface area contributed by atoms with Gasteiger partial charge in [-0.25, -0.2) is 18.9 Å². The fourth-order valence-corrected chi connectivity index (χ4v) is 3.66. The molecule has 35 heavy (non-hydrogen) atoms. The maximum absolute atomic E-state index is 14.5. The topological polar surface area (TPSA) is 68.0 Å². The van der Waals surface area contributed by atoms with Crippen LogP contribution in [-0.2, 0) is 0 Å². The second-order valence-electron chi connectivity index (χ2n) is 7.45. The molecule has 0 aliphatic rings. The molecule has 0 saturated carbocycles. The lowest BCUT2D eigenvalue weighted by Gasteiger charge is -2.06. The van der Waals surface area contributed by atoms with E-state index in [1.807, 2.05) is 80.6 Å². The summed E-state index contributed by atoms with van der Waals surface area (Å²) in [6.45, 7) is 4.00. The molecule has 0 fully saturated rings. The quantitative estimate of drug-likeness (QED) is 0.300. The number of aromatic carboxylic acids is 1. The second kappa shape index (κ2) is 10.6. The van der Waals surface area contributed by atoms with Crippen LogP contribution in [0.25, 0.3) is 39.6 Å². The summed E-state index contributed by atoms with van der Waals surface area (Å²) in [5, 5.41) is 14.0. The van der Waals surface area contributed by atoms with E-state index < -0.39 is 11.8 Å². The maximum atomic E-state index is 14.5. The number of halogens is 1. The van der Waals surface area contributed by atoms with E-state index in [0.29, 0.717) is 22.8 Å². The first-order chi connectivity index (χ1) is 17.1. The zero-order chi connectivity index (χ0) is 24.8. The Balaban J connectivity index is 0.00000141. The average Bonchev–Trinajstić information content (AvgIpc) is 3.37. The molecule has 0 atom stereocenters. The molecule has 5 rings (SSSR count). The van der Waals surface area contributed by atoms with Crippen molar-refractivity contribution in [2.24, 2.45) is 0 Å². The molecule has 5 aromatic rings. The van der Waals surface area contributed by atoms with Crippen LogP contribution in [0.15, 0.2) is 103 Å². The van der Waals surface area contributed by atoms with Gasteiger partial charge in [0.05, 0.1) is 11.3 Å². The van der Waals surface area contributed by atoms with Gasteiger partial charge in [-0.15, -0.1) is 5.10 Å². The summed E-state index contributed by atoms with van der Waals surface area (Å²) in [4.78, 5) is 16.1. The summed E-state index contributed by atoms with van der Waals surface area (Å²) in [7, 11) is 0. The van der Waals surface area contributed by atoms with Crippen LogP contribution in [0.1, 0.15) is 24.2 Å². The summed E-state index contributed by atoms with van der Waals surface area (Å²) in [5.74, 6) is -0.441. The van der Waals surface area contributed by atoms with Crippen LogP contribution >= 0.6 is 0 Å². The minimum atomic E-state index is -1.11. The van der Waals surface area contributed by atoms with Crippen molar-refractivity contribution < 1.29 is 14.3 Å². The maximum Gasteiger partial charge on any atom is 0.335 e. The molecular formula is C29H24FN3O2. The largest absolute Gasteiger partial charge is 0.478 e. The van der Waals surface area contributed by atoms with Crippen molar-refractivity contribution in [1.29, 1.82) is 0 Å². The molecule has 5 nitrogen and oxygen atoms in total. The Morgan fingerprint density at radius 3 is 2.09 bits per heavy atom. The van der Waals surface area contributed by atoms with Crippen molar-refractivity contribution in [3.05, 3.63) is 115 Å². The van der Waals surface area contributed by atoms with Gasteiger partial charge in [0, 0.05) is 16.7 Å². The van der Waals surface area contributed by atoms with E-state index in [4.69, 9.17) is 10.1 Å². The molecule has 0 bridgehead atoms. The first-order valence-corrected chi connectivity index (χ1v) is 11.3. The molecule has 1 N–H and O–H groups in total. The summed E-state index contributed by atoms with van der Waals surface area (Å²) in [6, 6.07) is 30.4. The Kier molecular flexibility index (Phi) is 7.12. The Morgan fingerprint density at radius 2 is 1.40 bits per heavy atom. The molecule has 0 aliphatic carbocycles. The third-order valence-corrected chi connectivity index (χ3v) is 5.28. The van der Waals surface area contributed by atoms with Crippen molar-refractivity contribution >= 4 is 5.97 Å². The van der Waals surface area contributed by atoms with Crippen LogP contribution in [0, 0.1) is 5.82 Å². The molecule has 0 radical (unpaired) electrons. The molecule has 4 aromatic carbocycles. The first kappa shape index (κ1) is 23.6. The van der Waals surface area contributed by atoms with Gasteiger partial charge in [-0.05, 0) is 42.0 Å². The Hall–Kier alpha value is -4.58. The third kappa shape index (κ3) is 5.01. The standard InChI is InChI=1S/C27H18FN3O2.C2H6/c28-24-15-14-21(27(32)33)17-23(24)19-10-7-11-20(16-19)25-29-26(18-8-3-1-4-9-18)31(30-25)22-12-5-2-6-13-22;1-2/h1-17H,(H,32,33);1-2H3. The van der Waals surface area contributed by atoms with E-state index in [2.05, 4.69) is 0 Å². The van der Waals surface area contributed by atoms with Crippen molar-refractivity contribution in [2.45, 2.75) is 13.8 Å². The van der Waals surface area contributed by atoms with Gasteiger partial charge in [0.15, 0.2) is 11.6 Å². The fourth-order valence-electron chi connectivity index (χ4n) is 3.66. The number of aromatic nitrogens is 3. The molecule has 0 unspecified atom stereocenters. The number of hydrogen-bond donors (Lipinski definition) is 1.